The summed E-state index contributed by atoms with van der Waals surface area (Å²) in [5, 5.41) is 8.19. The lowest BCUT2D eigenvalue weighted by Crippen LogP contribution is -2.57. The average Bonchev–Trinajstić information content (AvgIpc) is 3.16. The number of hydrogen-bond donors (Lipinski definition) is 3. The van der Waals surface area contributed by atoms with Crippen molar-refractivity contribution >= 4 is 17.6 Å². The van der Waals surface area contributed by atoms with Gasteiger partial charge in [0.1, 0.15) is 28.9 Å². The van der Waals surface area contributed by atoms with E-state index in [4.69, 9.17) is 16.3 Å². The first-order valence-electron chi connectivity index (χ1n) is 12.8. The molecule has 1 aliphatic heterocycles. The molecule has 10 heteroatoms. The molecule has 204 valence electrons. The van der Waals surface area contributed by atoms with Crippen molar-refractivity contribution in [3.63, 3.8) is 0 Å². The smallest absolute Gasteiger partial charge is 0.320 e. The van der Waals surface area contributed by atoms with E-state index >= 15 is 0 Å². The number of aromatic nitrogens is 2. The third kappa shape index (κ3) is 6.27. The molecule has 2 aliphatic rings. The van der Waals surface area contributed by atoms with E-state index < -0.39 is 11.8 Å². The Hall–Kier alpha value is -3.17. The van der Waals surface area contributed by atoms with Gasteiger partial charge in [-0.2, -0.15) is 0 Å². The zero-order valence-electron chi connectivity index (χ0n) is 22.7. The van der Waals surface area contributed by atoms with E-state index in [1.54, 1.807) is 0 Å². The molecule has 0 saturated heterocycles. The van der Waals surface area contributed by atoms with E-state index in [1.807, 2.05) is 0 Å². The Kier molecular flexibility index (Phi) is 7.99. The van der Waals surface area contributed by atoms with Gasteiger partial charge in [-0.3, -0.25) is 10.3 Å². The summed E-state index contributed by atoms with van der Waals surface area (Å²) in [6.07, 6.45) is 7.52. The molecular formula is C28H36ClFN6O2. The zero-order valence-corrected chi connectivity index (χ0v) is 23.5. The van der Waals surface area contributed by atoms with Crippen LogP contribution in [-0.4, -0.2) is 32.6 Å². The maximum atomic E-state index is 14.1. The van der Waals surface area contributed by atoms with Gasteiger partial charge >= 0.3 is 6.03 Å². The molecular weight excluding hydrogens is 507 g/mol. The molecule has 1 aromatic carbocycles. The number of nitrogens with one attached hydrogen (secondary N) is 3. The second-order valence-corrected chi connectivity index (χ2v) is 11.7. The van der Waals surface area contributed by atoms with Crippen LogP contribution in [0.3, 0.4) is 0 Å². The molecule has 3 N–H and O–H groups in total. The molecule has 3 unspecified atom stereocenters. The predicted octanol–water partition coefficient (Wildman–Crippen LogP) is 6.07. The summed E-state index contributed by atoms with van der Waals surface area (Å²) in [4.78, 5) is 20.9. The molecule has 1 aliphatic carbocycles. The fraction of sp³-hybridized carbons (Fsp3) is 0.464. The SMILES string of the molecule is CC1=CCC(N2NC(C)(C(C)(C)C)C=C2NC(=O)NCc2cc(F)ccc2Oc2cc(Cl)ncn2)C(C)C1. The number of allylic oxidation sites excluding steroid dienone is 1. The van der Waals surface area contributed by atoms with Crippen LogP contribution in [0.25, 0.3) is 0 Å². The third-order valence-corrected chi connectivity index (χ3v) is 7.67. The molecule has 0 radical (unpaired) electrons. The average molecular weight is 543 g/mol. The van der Waals surface area contributed by atoms with Gasteiger partial charge in [0, 0.05) is 18.2 Å². The highest BCUT2D eigenvalue weighted by atomic mass is 35.5. The highest BCUT2D eigenvalue weighted by molar-refractivity contribution is 6.29. The summed E-state index contributed by atoms with van der Waals surface area (Å²) in [6, 6.07) is 5.33. The number of halogens is 2. The number of benzene rings is 1. The molecule has 2 amide bonds. The topological polar surface area (TPSA) is 91.4 Å². The van der Waals surface area contributed by atoms with Crippen LogP contribution in [0.2, 0.25) is 5.15 Å². The van der Waals surface area contributed by atoms with E-state index in [2.05, 4.69) is 84.7 Å². The number of hydrogen-bond acceptors (Lipinski definition) is 6. The second-order valence-electron chi connectivity index (χ2n) is 11.3. The van der Waals surface area contributed by atoms with Crippen molar-refractivity contribution in [3.8, 4) is 11.6 Å². The molecule has 2 heterocycles. The van der Waals surface area contributed by atoms with E-state index in [0.717, 1.165) is 12.8 Å². The van der Waals surface area contributed by atoms with Crippen molar-refractivity contribution < 1.29 is 13.9 Å². The first-order chi connectivity index (χ1) is 17.8. The Morgan fingerprint density at radius 1 is 1.32 bits per heavy atom. The molecule has 1 aromatic heterocycles. The van der Waals surface area contributed by atoms with Gasteiger partial charge < -0.3 is 10.1 Å². The molecule has 0 saturated carbocycles. The number of urea groups is 1. The summed E-state index contributed by atoms with van der Waals surface area (Å²) >= 11 is 5.92. The molecule has 38 heavy (non-hydrogen) atoms. The van der Waals surface area contributed by atoms with Crippen molar-refractivity contribution in [2.45, 2.75) is 72.5 Å². The fourth-order valence-corrected chi connectivity index (χ4v) is 4.81. The summed E-state index contributed by atoms with van der Waals surface area (Å²) in [6.45, 7) is 13.1. The molecule has 0 spiro atoms. The van der Waals surface area contributed by atoms with Crippen LogP contribution in [0.15, 0.2) is 54.1 Å². The van der Waals surface area contributed by atoms with Crippen LogP contribution in [-0.2, 0) is 6.54 Å². The van der Waals surface area contributed by atoms with Crippen LogP contribution in [0.4, 0.5) is 9.18 Å². The Balaban J connectivity index is 1.49. The minimum absolute atomic E-state index is 0.0384. The maximum absolute atomic E-state index is 14.1. The Morgan fingerprint density at radius 2 is 2.08 bits per heavy atom. The van der Waals surface area contributed by atoms with Crippen molar-refractivity contribution in [2.24, 2.45) is 11.3 Å². The first kappa shape index (κ1) is 27.9. The minimum atomic E-state index is -0.445. The molecule has 4 rings (SSSR count). The van der Waals surface area contributed by atoms with Gasteiger partial charge in [-0.05, 0) is 62.3 Å². The van der Waals surface area contributed by atoms with Gasteiger partial charge in [0.25, 0.3) is 0 Å². The first-order valence-corrected chi connectivity index (χ1v) is 13.2. The lowest BCUT2D eigenvalue weighted by Gasteiger charge is -2.43. The Bertz CT molecular complexity index is 1260. The second kappa shape index (κ2) is 10.9. The summed E-state index contributed by atoms with van der Waals surface area (Å²) in [7, 11) is 0. The van der Waals surface area contributed by atoms with Crippen molar-refractivity contribution in [1.82, 2.24) is 31.0 Å². The van der Waals surface area contributed by atoms with E-state index in [0.29, 0.717) is 23.1 Å². The predicted molar refractivity (Wildman–Crippen MR) is 146 cm³/mol. The third-order valence-electron chi connectivity index (χ3n) is 7.46. The Labute approximate surface area is 228 Å². The summed E-state index contributed by atoms with van der Waals surface area (Å²) < 4.78 is 19.8. The van der Waals surface area contributed by atoms with Gasteiger partial charge in [-0.15, -0.1) is 0 Å². The van der Waals surface area contributed by atoms with Gasteiger partial charge in [0.2, 0.25) is 5.88 Å². The quantitative estimate of drug-likeness (QED) is 0.303. The van der Waals surface area contributed by atoms with Crippen LogP contribution < -0.4 is 20.8 Å². The minimum Gasteiger partial charge on any atom is -0.439 e. The van der Waals surface area contributed by atoms with Crippen LogP contribution in [0, 0.1) is 17.2 Å². The number of ether oxygens (including phenoxy) is 1. The molecule has 2 aromatic rings. The number of carbonyl (C=O) groups excluding carboxylic acids is 1. The maximum Gasteiger partial charge on any atom is 0.320 e. The van der Waals surface area contributed by atoms with Crippen LogP contribution in [0.1, 0.15) is 59.9 Å². The highest BCUT2D eigenvalue weighted by Crippen LogP contribution is 2.39. The zero-order chi connectivity index (χ0) is 27.7. The largest absolute Gasteiger partial charge is 0.439 e. The number of carbonyl (C=O) groups is 1. The van der Waals surface area contributed by atoms with Crippen LogP contribution >= 0.6 is 11.6 Å². The molecule has 0 bridgehead atoms. The molecule has 8 nitrogen and oxygen atoms in total. The molecule has 3 atom stereocenters. The monoisotopic (exact) mass is 542 g/mol. The number of amides is 2. The number of hydrazine groups is 1. The Morgan fingerprint density at radius 3 is 2.76 bits per heavy atom. The standard InChI is InChI=1S/C28H36ClFN6O2/c1-17-7-9-21(18(2)11-17)36-24(14-28(6,35-36)27(3,4)5)34-26(37)31-15-19-12-20(30)8-10-22(19)38-25-13-23(29)32-16-33-25/h7-8,10,12-14,16,18,21,35H,9,11,15H2,1-6H3,(H2,31,34,37). The fourth-order valence-electron chi connectivity index (χ4n) is 4.68. The lowest BCUT2D eigenvalue weighted by atomic mass is 9.76. The summed E-state index contributed by atoms with van der Waals surface area (Å²) in [5.41, 5.74) is 5.04. The van der Waals surface area contributed by atoms with Crippen molar-refractivity contribution in [1.29, 1.82) is 0 Å². The van der Waals surface area contributed by atoms with Gasteiger partial charge in [0.05, 0.1) is 11.6 Å². The number of rotatable bonds is 6. The van der Waals surface area contributed by atoms with E-state index in [-0.39, 0.29) is 34.6 Å². The summed E-state index contributed by atoms with van der Waals surface area (Å²) in [5.74, 6) is 1.23. The highest BCUT2D eigenvalue weighted by Gasteiger charge is 2.45. The lowest BCUT2D eigenvalue weighted by molar-refractivity contribution is 0.0661. The van der Waals surface area contributed by atoms with Crippen molar-refractivity contribution in [3.05, 3.63) is 70.7 Å². The van der Waals surface area contributed by atoms with Gasteiger partial charge in [0.15, 0.2) is 0 Å². The van der Waals surface area contributed by atoms with E-state index in [9.17, 15) is 9.18 Å². The number of nitrogens with zero attached hydrogens (tertiary/aromatic N) is 3. The van der Waals surface area contributed by atoms with Gasteiger partial charge in [-0.25, -0.2) is 24.6 Å². The van der Waals surface area contributed by atoms with E-state index in [1.165, 1.54) is 36.2 Å². The van der Waals surface area contributed by atoms with Gasteiger partial charge in [-0.1, -0.05) is 50.9 Å². The van der Waals surface area contributed by atoms with Crippen LogP contribution in [0.5, 0.6) is 11.6 Å². The normalized spacial score (nSPS) is 23.5. The van der Waals surface area contributed by atoms with Crippen molar-refractivity contribution in [2.75, 3.05) is 0 Å². The molecule has 0 fully saturated rings.